The van der Waals surface area contributed by atoms with Gasteiger partial charge in [-0.05, 0) is 31.9 Å². The van der Waals surface area contributed by atoms with Gasteiger partial charge < -0.3 is 0 Å². The van der Waals surface area contributed by atoms with Crippen LogP contribution in [0.5, 0.6) is 0 Å². The molecule has 1 rings (SSSR count). The molecular weight excluding hydrogens is 278 g/mol. The highest BCUT2D eigenvalue weighted by molar-refractivity contribution is 7.91. The quantitative estimate of drug-likeness (QED) is 0.820. The first-order chi connectivity index (χ1) is 7.89. The lowest BCUT2D eigenvalue weighted by atomic mass is 9.97. The number of sulfonamides is 1. The average molecular weight is 296 g/mol. The van der Waals surface area contributed by atoms with E-state index >= 15 is 0 Å². The molecule has 98 valence electrons. The van der Waals surface area contributed by atoms with Crippen molar-refractivity contribution in [1.29, 1.82) is 0 Å². The molecule has 1 aromatic heterocycles. The van der Waals surface area contributed by atoms with Crippen LogP contribution in [0.25, 0.3) is 0 Å². The Morgan fingerprint density at radius 3 is 2.29 bits per heavy atom. The lowest BCUT2D eigenvalue weighted by molar-refractivity contribution is 0.394. The molecule has 0 aromatic carbocycles. The zero-order valence-electron chi connectivity index (χ0n) is 10.3. The van der Waals surface area contributed by atoms with E-state index in [0.717, 1.165) is 4.88 Å². The largest absolute Gasteiger partial charge is 0.250 e. The Morgan fingerprint density at radius 2 is 1.94 bits per heavy atom. The number of hydrogen-bond donors (Lipinski definition) is 1. The van der Waals surface area contributed by atoms with Crippen molar-refractivity contribution in [2.24, 2.45) is 0 Å². The van der Waals surface area contributed by atoms with Crippen LogP contribution in [0.4, 0.5) is 0 Å². The molecule has 6 heteroatoms. The van der Waals surface area contributed by atoms with E-state index in [1.54, 1.807) is 12.1 Å². The summed E-state index contributed by atoms with van der Waals surface area (Å²) in [6, 6.07) is 3.44. The van der Waals surface area contributed by atoms with E-state index in [9.17, 15) is 8.42 Å². The van der Waals surface area contributed by atoms with Crippen LogP contribution in [-0.2, 0) is 10.0 Å². The highest BCUT2D eigenvalue weighted by Gasteiger charge is 2.31. The highest BCUT2D eigenvalue weighted by atomic mass is 35.5. The first-order valence-electron chi connectivity index (χ1n) is 5.55. The van der Waals surface area contributed by atoms with E-state index in [1.807, 2.05) is 20.8 Å². The van der Waals surface area contributed by atoms with Crippen LogP contribution >= 0.6 is 22.9 Å². The van der Waals surface area contributed by atoms with Crippen molar-refractivity contribution in [3.8, 4) is 0 Å². The van der Waals surface area contributed by atoms with Gasteiger partial charge in [-0.15, -0.1) is 22.9 Å². The second-order valence-corrected chi connectivity index (χ2v) is 7.56. The first-order valence-corrected chi connectivity index (χ1v) is 8.39. The molecule has 1 heterocycles. The number of aryl methyl sites for hydroxylation is 1. The highest BCUT2D eigenvalue weighted by Crippen LogP contribution is 2.25. The standard InChI is InChI=1S/C11H18ClNO2S2/c1-4-11(5-2,8-12)13-17(14,15)10-7-6-9(3)16-10/h6-7,13H,4-5,8H2,1-3H3. The summed E-state index contributed by atoms with van der Waals surface area (Å²) >= 11 is 7.17. The Morgan fingerprint density at radius 1 is 1.35 bits per heavy atom. The fourth-order valence-corrected chi connectivity index (χ4v) is 4.85. The van der Waals surface area contributed by atoms with Crippen LogP contribution in [0.3, 0.4) is 0 Å². The van der Waals surface area contributed by atoms with Gasteiger partial charge in [-0.1, -0.05) is 13.8 Å². The van der Waals surface area contributed by atoms with Gasteiger partial charge in [0.15, 0.2) is 0 Å². The molecule has 0 atom stereocenters. The molecule has 0 amide bonds. The first kappa shape index (κ1) is 15.0. The average Bonchev–Trinajstić information content (AvgIpc) is 2.74. The molecule has 3 nitrogen and oxygen atoms in total. The molecule has 0 aliphatic carbocycles. The number of rotatable bonds is 6. The maximum absolute atomic E-state index is 12.2. The van der Waals surface area contributed by atoms with Crippen molar-refractivity contribution < 1.29 is 8.42 Å². The number of hydrogen-bond acceptors (Lipinski definition) is 3. The summed E-state index contributed by atoms with van der Waals surface area (Å²) in [5, 5.41) is 0. The fourth-order valence-electron chi connectivity index (χ4n) is 1.50. The molecule has 17 heavy (non-hydrogen) atoms. The van der Waals surface area contributed by atoms with E-state index in [4.69, 9.17) is 11.6 Å². The molecule has 0 fully saturated rings. The van der Waals surface area contributed by atoms with E-state index in [0.29, 0.717) is 17.1 Å². The zero-order chi connectivity index (χ0) is 13.1. The topological polar surface area (TPSA) is 46.2 Å². The Labute approximate surface area is 112 Å². The number of thiophene rings is 1. The zero-order valence-corrected chi connectivity index (χ0v) is 12.7. The van der Waals surface area contributed by atoms with Gasteiger partial charge in [-0.3, -0.25) is 0 Å². The van der Waals surface area contributed by atoms with E-state index in [-0.39, 0.29) is 5.88 Å². The predicted molar refractivity (Wildman–Crippen MR) is 73.4 cm³/mol. The number of alkyl halides is 1. The molecule has 0 radical (unpaired) electrons. The van der Waals surface area contributed by atoms with Crippen molar-refractivity contribution in [2.45, 2.75) is 43.4 Å². The Bertz CT molecular complexity index is 455. The fraction of sp³-hybridized carbons (Fsp3) is 0.636. The maximum Gasteiger partial charge on any atom is 0.250 e. The molecule has 0 unspecified atom stereocenters. The molecule has 0 saturated heterocycles. The molecular formula is C11H18ClNO2S2. The lowest BCUT2D eigenvalue weighted by Gasteiger charge is -2.29. The summed E-state index contributed by atoms with van der Waals surface area (Å²) in [7, 11) is -3.45. The summed E-state index contributed by atoms with van der Waals surface area (Å²) in [5.41, 5.74) is -0.543. The van der Waals surface area contributed by atoms with Gasteiger partial charge in [0.1, 0.15) is 4.21 Å². The lowest BCUT2D eigenvalue weighted by Crippen LogP contribution is -2.48. The molecule has 0 saturated carbocycles. The summed E-state index contributed by atoms with van der Waals surface area (Å²) in [6.45, 7) is 5.76. The van der Waals surface area contributed by atoms with Gasteiger partial charge in [0.05, 0.1) is 0 Å². The molecule has 0 aliphatic heterocycles. The molecule has 0 bridgehead atoms. The van der Waals surface area contributed by atoms with Gasteiger partial charge in [0, 0.05) is 16.3 Å². The van der Waals surface area contributed by atoms with Crippen LogP contribution in [0.15, 0.2) is 16.3 Å². The summed E-state index contributed by atoms with van der Waals surface area (Å²) in [6.07, 6.45) is 1.35. The maximum atomic E-state index is 12.2. The number of nitrogens with one attached hydrogen (secondary N) is 1. The normalized spacial score (nSPS) is 12.9. The van der Waals surface area contributed by atoms with Gasteiger partial charge in [-0.25, -0.2) is 13.1 Å². The monoisotopic (exact) mass is 295 g/mol. The van der Waals surface area contributed by atoms with Gasteiger partial charge >= 0.3 is 0 Å². The van der Waals surface area contributed by atoms with Gasteiger partial charge in [0.2, 0.25) is 0 Å². The smallest absolute Gasteiger partial charge is 0.206 e. The molecule has 1 aromatic rings. The second-order valence-electron chi connectivity index (χ2n) is 4.09. The third kappa shape index (κ3) is 3.44. The van der Waals surface area contributed by atoms with Crippen molar-refractivity contribution in [3.63, 3.8) is 0 Å². The van der Waals surface area contributed by atoms with Gasteiger partial charge in [0.25, 0.3) is 10.0 Å². The van der Waals surface area contributed by atoms with Crippen molar-refractivity contribution in [2.75, 3.05) is 5.88 Å². The summed E-state index contributed by atoms with van der Waals surface area (Å²) in [5.74, 6) is 0.281. The molecule has 0 aliphatic rings. The minimum absolute atomic E-state index is 0.281. The summed E-state index contributed by atoms with van der Waals surface area (Å²) < 4.78 is 27.4. The minimum Gasteiger partial charge on any atom is -0.206 e. The molecule has 0 spiro atoms. The third-order valence-electron chi connectivity index (χ3n) is 2.94. The SMILES string of the molecule is CCC(CC)(CCl)NS(=O)(=O)c1ccc(C)s1. The minimum atomic E-state index is -3.45. The Hall–Kier alpha value is -0.100. The summed E-state index contributed by atoms with van der Waals surface area (Å²) in [4.78, 5) is 0.981. The number of halogens is 1. The van der Waals surface area contributed by atoms with E-state index in [2.05, 4.69) is 4.72 Å². The van der Waals surface area contributed by atoms with E-state index < -0.39 is 15.6 Å². The van der Waals surface area contributed by atoms with Crippen LogP contribution in [0.2, 0.25) is 0 Å². The third-order valence-corrected chi connectivity index (χ3v) is 6.52. The van der Waals surface area contributed by atoms with Crippen LogP contribution < -0.4 is 4.72 Å². The second kappa shape index (κ2) is 5.69. The van der Waals surface area contributed by atoms with Crippen molar-refractivity contribution in [3.05, 3.63) is 17.0 Å². The molecule has 1 N–H and O–H groups in total. The van der Waals surface area contributed by atoms with Gasteiger partial charge in [-0.2, -0.15) is 0 Å². The predicted octanol–water partition coefficient (Wildman–Crippen LogP) is 3.13. The van der Waals surface area contributed by atoms with Crippen LogP contribution in [0, 0.1) is 6.92 Å². The van der Waals surface area contributed by atoms with Crippen LogP contribution in [-0.4, -0.2) is 19.8 Å². The van der Waals surface area contributed by atoms with Crippen LogP contribution in [0.1, 0.15) is 31.6 Å². The van der Waals surface area contributed by atoms with Crippen molar-refractivity contribution >= 4 is 33.0 Å². The Balaban J connectivity index is 3.00. The van der Waals surface area contributed by atoms with Crippen molar-refractivity contribution in [1.82, 2.24) is 4.72 Å². The Kier molecular flexibility index (Phi) is 5.01. The van der Waals surface area contributed by atoms with E-state index in [1.165, 1.54) is 11.3 Å².